The van der Waals surface area contributed by atoms with Crippen LogP contribution in [0.15, 0.2) is 36.7 Å². The third-order valence-corrected chi connectivity index (χ3v) is 5.45. The molecule has 1 aliphatic rings. The number of aromatic nitrogens is 5. The topological polar surface area (TPSA) is 80.9 Å². The van der Waals surface area contributed by atoms with Crippen molar-refractivity contribution < 1.29 is 4.79 Å². The van der Waals surface area contributed by atoms with Gasteiger partial charge < -0.3 is 9.88 Å². The molecule has 1 aromatic carbocycles. The van der Waals surface area contributed by atoms with Crippen LogP contribution in [-0.2, 0) is 18.4 Å². The van der Waals surface area contributed by atoms with Crippen molar-refractivity contribution in [3.05, 3.63) is 53.9 Å². The summed E-state index contributed by atoms with van der Waals surface area (Å²) in [5, 5.41) is 15.7. The molecule has 1 aliphatic heterocycles. The molecule has 1 unspecified atom stereocenters. The van der Waals surface area contributed by atoms with Crippen LogP contribution in [0.5, 0.6) is 0 Å². The van der Waals surface area contributed by atoms with Gasteiger partial charge in [-0.05, 0) is 63.6 Å². The van der Waals surface area contributed by atoms with E-state index in [4.69, 9.17) is 0 Å². The zero-order valence-corrected chi connectivity index (χ0v) is 17.2. The summed E-state index contributed by atoms with van der Waals surface area (Å²) >= 11 is 0. The van der Waals surface area contributed by atoms with Gasteiger partial charge in [-0.2, -0.15) is 5.10 Å². The van der Waals surface area contributed by atoms with Crippen molar-refractivity contribution in [3.63, 3.8) is 0 Å². The van der Waals surface area contributed by atoms with Crippen molar-refractivity contribution in [1.29, 1.82) is 0 Å². The van der Waals surface area contributed by atoms with Gasteiger partial charge in [-0.3, -0.25) is 9.69 Å². The van der Waals surface area contributed by atoms with Gasteiger partial charge in [-0.1, -0.05) is 6.42 Å². The second-order valence-corrected chi connectivity index (χ2v) is 7.72. The fraction of sp³-hybridized carbons (Fsp3) is 0.429. The van der Waals surface area contributed by atoms with Crippen LogP contribution in [-0.4, -0.2) is 47.9 Å². The number of hydrogen-bond acceptors (Lipinski definition) is 5. The molecule has 2 aromatic heterocycles. The molecule has 29 heavy (non-hydrogen) atoms. The summed E-state index contributed by atoms with van der Waals surface area (Å²) in [5.41, 5.74) is 3.85. The van der Waals surface area contributed by atoms with Crippen LogP contribution in [0.1, 0.15) is 36.5 Å². The molecule has 1 saturated heterocycles. The molecule has 0 spiro atoms. The highest BCUT2D eigenvalue weighted by Crippen LogP contribution is 2.21. The number of anilines is 1. The lowest BCUT2D eigenvalue weighted by Gasteiger charge is -2.34. The number of hydrogen-bond donors (Lipinski definition) is 1. The first-order valence-electron chi connectivity index (χ1n) is 10.0. The Labute approximate surface area is 170 Å². The lowest BCUT2D eigenvalue weighted by atomic mass is 10.0. The van der Waals surface area contributed by atoms with Crippen LogP contribution in [0.3, 0.4) is 0 Å². The van der Waals surface area contributed by atoms with E-state index in [1.165, 1.54) is 0 Å². The first kappa shape index (κ1) is 19.3. The summed E-state index contributed by atoms with van der Waals surface area (Å²) in [4.78, 5) is 15.2. The fourth-order valence-corrected chi connectivity index (χ4v) is 3.91. The molecule has 1 amide bonds. The summed E-state index contributed by atoms with van der Waals surface area (Å²) < 4.78 is 3.81. The van der Waals surface area contributed by atoms with E-state index < -0.39 is 0 Å². The third-order valence-electron chi connectivity index (χ3n) is 5.45. The number of nitrogens with one attached hydrogen (secondary N) is 1. The first-order valence-corrected chi connectivity index (χ1v) is 10.0. The van der Waals surface area contributed by atoms with Crippen molar-refractivity contribution in [1.82, 2.24) is 29.4 Å². The largest absolute Gasteiger partial charge is 0.325 e. The molecule has 0 radical (unpaired) electrons. The van der Waals surface area contributed by atoms with Crippen molar-refractivity contribution >= 4 is 11.6 Å². The molecular formula is C21H27N7O. The van der Waals surface area contributed by atoms with Gasteiger partial charge in [0.15, 0.2) is 0 Å². The average molecular weight is 393 g/mol. The molecule has 8 heteroatoms. The predicted octanol–water partition coefficient (Wildman–Crippen LogP) is 2.61. The van der Waals surface area contributed by atoms with Crippen molar-refractivity contribution in [3.8, 4) is 5.69 Å². The van der Waals surface area contributed by atoms with Gasteiger partial charge in [0.25, 0.3) is 0 Å². The minimum Gasteiger partial charge on any atom is -0.325 e. The van der Waals surface area contributed by atoms with Gasteiger partial charge >= 0.3 is 0 Å². The van der Waals surface area contributed by atoms with Crippen LogP contribution >= 0.6 is 0 Å². The van der Waals surface area contributed by atoms with Crippen molar-refractivity contribution in [2.24, 2.45) is 7.05 Å². The summed E-state index contributed by atoms with van der Waals surface area (Å²) in [6.07, 6.45) is 4.70. The molecule has 1 atom stereocenters. The standard InChI is InChI=1S/C21H27N7O/c1-15-12-16(2)28(25-15)18-9-7-17(8-10-18)23-21(29)19-6-4-5-11-27(19)13-20-24-22-14-26(20)3/h7-10,12,14,19H,4-6,11,13H2,1-3H3,(H,23,29). The number of likely N-dealkylation sites (tertiary alicyclic amines) is 1. The Morgan fingerprint density at radius 1 is 1.21 bits per heavy atom. The number of carbonyl (C=O) groups excluding carboxylic acids is 1. The van der Waals surface area contributed by atoms with Crippen LogP contribution < -0.4 is 5.32 Å². The Hall–Kier alpha value is -3.00. The van der Waals surface area contributed by atoms with E-state index in [9.17, 15) is 4.79 Å². The number of rotatable bonds is 5. The van der Waals surface area contributed by atoms with Crippen LogP contribution in [0.2, 0.25) is 0 Å². The van der Waals surface area contributed by atoms with Gasteiger partial charge in [-0.25, -0.2) is 4.68 Å². The van der Waals surface area contributed by atoms with Crippen molar-refractivity contribution in [2.75, 3.05) is 11.9 Å². The van der Waals surface area contributed by atoms with Crippen LogP contribution in [0, 0.1) is 13.8 Å². The Morgan fingerprint density at radius 2 is 2.00 bits per heavy atom. The van der Waals surface area contributed by atoms with Gasteiger partial charge in [-0.15, -0.1) is 10.2 Å². The lowest BCUT2D eigenvalue weighted by molar-refractivity contribution is -0.122. The molecule has 0 aliphatic carbocycles. The van der Waals surface area contributed by atoms with Gasteiger partial charge in [0.1, 0.15) is 12.2 Å². The maximum atomic E-state index is 13.0. The maximum absolute atomic E-state index is 13.0. The highest BCUT2D eigenvalue weighted by Gasteiger charge is 2.29. The van der Waals surface area contributed by atoms with E-state index in [2.05, 4.69) is 25.5 Å². The molecular weight excluding hydrogens is 366 g/mol. The maximum Gasteiger partial charge on any atom is 0.241 e. The smallest absolute Gasteiger partial charge is 0.241 e. The summed E-state index contributed by atoms with van der Waals surface area (Å²) in [7, 11) is 1.93. The minimum atomic E-state index is -0.156. The average Bonchev–Trinajstić information content (AvgIpc) is 3.27. The molecule has 0 saturated carbocycles. The van der Waals surface area contributed by atoms with E-state index in [1.54, 1.807) is 6.33 Å². The van der Waals surface area contributed by atoms with E-state index in [-0.39, 0.29) is 11.9 Å². The van der Waals surface area contributed by atoms with E-state index >= 15 is 0 Å². The molecule has 0 bridgehead atoms. The molecule has 1 N–H and O–H groups in total. The van der Waals surface area contributed by atoms with Gasteiger partial charge in [0, 0.05) is 18.4 Å². The number of benzene rings is 1. The summed E-state index contributed by atoms with van der Waals surface area (Å²) in [6, 6.07) is 9.71. The normalized spacial score (nSPS) is 17.4. The highest BCUT2D eigenvalue weighted by atomic mass is 16.2. The highest BCUT2D eigenvalue weighted by molar-refractivity contribution is 5.95. The Balaban J connectivity index is 1.44. The molecule has 152 valence electrons. The Morgan fingerprint density at radius 3 is 2.66 bits per heavy atom. The molecule has 8 nitrogen and oxygen atoms in total. The molecule has 1 fully saturated rings. The van der Waals surface area contributed by atoms with E-state index in [1.807, 2.05) is 60.5 Å². The quantitative estimate of drug-likeness (QED) is 0.721. The zero-order chi connectivity index (χ0) is 20.4. The molecule has 3 heterocycles. The first-order chi connectivity index (χ1) is 14.0. The van der Waals surface area contributed by atoms with Crippen molar-refractivity contribution in [2.45, 2.75) is 45.7 Å². The van der Waals surface area contributed by atoms with Crippen LogP contribution in [0.25, 0.3) is 5.69 Å². The van der Waals surface area contributed by atoms with Gasteiger partial charge in [0.2, 0.25) is 5.91 Å². The SMILES string of the molecule is Cc1cc(C)n(-c2ccc(NC(=O)C3CCCCN3Cc3nncn3C)cc2)n1. The predicted molar refractivity (Wildman–Crippen MR) is 111 cm³/mol. The Kier molecular flexibility index (Phi) is 5.44. The van der Waals surface area contributed by atoms with Gasteiger partial charge in [0.05, 0.1) is 24.0 Å². The third kappa shape index (κ3) is 4.22. The summed E-state index contributed by atoms with van der Waals surface area (Å²) in [6.45, 7) is 5.53. The van der Waals surface area contributed by atoms with Crippen LogP contribution in [0.4, 0.5) is 5.69 Å². The second kappa shape index (κ2) is 8.16. The number of nitrogens with zero attached hydrogens (tertiary/aromatic N) is 6. The monoisotopic (exact) mass is 393 g/mol. The van der Waals surface area contributed by atoms with E-state index in [0.717, 1.165) is 54.4 Å². The Bertz CT molecular complexity index is 989. The lowest BCUT2D eigenvalue weighted by Crippen LogP contribution is -2.46. The molecule has 4 rings (SSSR count). The second-order valence-electron chi connectivity index (χ2n) is 7.72. The molecule has 3 aromatic rings. The minimum absolute atomic E-state index is 0.0331. The number of carbonyl (C=O) groups is 1. The fourth-order valence-electron chi connectivity index (χ4n) is 3.91. The zero-order valence-electron chi connectivity index (χ0n) is 17.2. The number of piperidine rings is 1. The summed E-state index contributed by atoms with van der Waals surface area (Å²) in [5.74, 6) is 0.907. The van der Waals surface area contributed by atoms with E-state index in [0.29, 0.717) is 6.54 Å². The number of aryl methyl sites for hydroxylation is 3. The number of amides is 1.